The molecule has 2 aromatic rings. The molecule has 0 bridgehead atoms. The Kier molecular flexibility index (Phi) is 3.34. The molecule has 0 heterocycles. The molecule has 0 aliphatic carbocycles. The molecular formula is C13H8F4O. The number of aliphatic hydroxyl groups is 1. The normalized spacial score (nSPS) is 12.5. The lowest BCUT2D eigenvalue weighted by atomic mass is 10.0. The standard InChI is InChI=1S/C13H8F4O/c14-8-1-2-12(17)11(6-8)13(18)7-3-9(15)5-10(16)4-7/h1-6,13,18H. The third kappa shape index (κ3) is 2.51. The van der Waals surface area contributed by atoms with Gasteiger partial charge in [-0.2, -0.15) is 0 Å². The van der Waals surface area contributed by atoms with Crippen LogP contribution in [-0.4, -0.2) is 5.11 Å². The average molecular weight is 256 g/mol. The van der Waals surface area contributed by atoms with Gasteiger partial charge in [0.25, 0.3) is 0 Å². The summed E-state index contributed by atoms with van der Waals surface area (Å²) < 4.78 is 52.3. The van der Waals surface area contributed by atoms with E-state index in [0.29, 0.717) is 6.07 Å². The van der Waals surface area contributed by atoms with Gasteiger partial charge in [-0.1, -0.05) is 0 Å². The van der Waals surface area contributed by atoms with E-state index in [-0.39, 0.29) is 11.1 Å². The van der Waals surface area contributed by atoms with Crippen LogP contribution in [0.5, 0.6) is 0 Å². The maximum Gasteiger partial charge on any atom is 0.129 e. The summed E-state index contributed by atoms with van der Waals surface area (Å²) in [7, 11) is 0. The SMILES string of the molecule is OC(c1cc(F)cc(F)c1)c1cc(F)ccc1F. The van der Waals surface area contributed by atoms with Gasteiger partial charge in [-0.15, -0.1) is 0 Å². The van der Waals surface area contributed by atoms with Crippen molar-refractivity contribution in [3.63, 3.8) is 0 Å². The largest absolute Gasteiger partial charge is 0.384 e. The molecule has 5 heteroatoms. The molecule has 0 amide bonds. The fourth-order valence-electron chi connectivity index (χ4n) is 1.64. The highest BCUT2D eigenvalue weighted by molar-refractivity contribution is 5.31. The van der Waals surface area contributed by atoms with Gasteiger partial charge in [-0.05, 0) is 35.9 Å². The van der Waals surface area contributed by atoms with E-state index in [1.54, 1.807) is 0 Å². The zero-order chi connectivity index (χ0) is 13.3. The van der Waals surface area contributed by atoms with Crippen molar-refractivity contribution in [3.8, 4) is 0 Å². The smallest absolute Gasteiger partial charge is 0.129 e. The zero-order valence-electron chi connectivity index (χ0n) is 9.00. The van der Waals surface area contributed by atoms with E-state index in [0.717, 1.165) is 30.3 Å². The average Bonchev–Trinajstić information content (AvgIpc) is 2.30. The molecular weight excluding hydrogens is 248 g/mol. The molecule has 0 aromatic heterocycles. The molecule has 0 aliphatic rings. The second-order valence-corrected chi connectivity index (χ2v) is 3.77. The van der Waals surface area contributed by atoms with E-state index in [2.05, 4.69) is 0 Å². The van der Waals surface area contributed by atoms with Crippen LogP contribution in [-0.2, 0) is 0 Å². The van der Waals surface area contributed by atoms with Crippen molar-refractivity contribution < 1.29 is 22.7 Å². The van der Waals surface area contributed by atoms with Gasteiger partial charge in [-0.25, -0.2) is 17.6 Å². The van der Waals surface area contributed by atoms with Crippen LogP contribution >= 0.6 is 0 Å². The van der Waals surface area contributed by atoms with E-state index in [1.165, 1.54) is 0 Å². The predicted molar refractivity (Wildman–Crippen MR) is 56.8 cm³/mol. The van der Waals surface area contributed by atoms with Crippen molar-refractivity contribution in [2.75, 3.05) is 0 Å². The minimum Gasteiger partial charge on any atom is -0.384 e. The third-order valence-corrected chi connectivity index (χ3v) is 2.45. The summed E-state index contributed by atoms with van der Waals surface area (Å²) in [5.74, 6) is -3.40. The number of hydrogen-bond donors (Lipinski definition) is 1. The Hall–Kier alpha value is -1.88. The summed E-state index contributed by atoms with van der Waals surface area (Å²) in [4.78, 5) is 0. The van der Waals surface area contributed by atoms with Crippen LogP contribution in [0.25, 0.3) is 0 Å². The molecule has 2 aromatic carbocycles. The molecule has 18 heavy (non-hydrogen) atoms. The molecule has 1 N–H and O–H groups in total. The summed E-state index contributed by atoms with van der Waals surface area (Å²) >= 11 is 0. The van der Waals surface area contributed by atoms with Crippen LogP contribution in [0.1, 0.15) is 17.2 Å². The first kappa shape index (κ1) is 12.6. The first-order chi connectivity index (χ1) is 8.47. The second-order valence-electron chi connectivity index (χ2n) is 3.77. The van der Waals surface area contributed by atoms with Crippen molar-refractivity contribution in [3.05, 3.63) is 70.8 Å². The highest BCUT2D eigenvalue weighted by atomic mass is 19.1. The third-order valence-electron chi connectivity index (χ3n) is 2.45. The number of halogens is 4. The van der Waals surface area contributed by atoms with Crippen molar-refractivity contribution >= 4 is 0 Å². The molecule has 0 saturated carbocycles. The lowest BCUT2D eigenvalue weighted by Crippen LogP contribution is -2.04. The van der Waals surface area contributed by atoms with E-state index in [9.17, 15) is 22.7 Å². The maximum atomic E-state index is 13.4. The monoisotopic (exact) mass is 256 g/mol. The van der Waals surface area contributed by atoms with Gasteiger partial charge in [0, 0.05) is 11.6 Å². The van der Waals surface area contributed by atoms with E-state index < -0.39 is 29.4 Å². The first-order valence-corrected chi connectivity index (χ1v) is 5.06. The topological polar surface area (TPSA) is 20.2 Å². The Morgan fingerprint density at radius 2 is 1.39 bits per heavy atom. The zero-order valence-corrected chi connectivity index (χ0v) is 9.00. The van der Waals surface area contributed by atoms with Gasteiger partial charge in [0.2, 0.25) is 0 Å². The van der Waals surface area contributed by atoms with Crippen molar-refractivity contribution in [1.29, 1.82) is 0 Å². The van der Waals surface area contributed by atoms with Crippen LogP contribution in [0.15, 0.2) is 36.4 Å². The van der Waals surface area contributed by atoms with Gasteiger partial charge < -0.3 is 5.11 Å². The summed E-state index contributed by atoms with van der Waals surface area (Å²) in [6.07, 6.45) is -1.63. The molecule has 0 fully saturated rings. The van der Waals surface area contributed by atoms with Crippen molar-refractivity contribution in [2.45, 2.75) is 6.10 Å². The lowest BCUT2D eigenvalue weighted by molar-refractivity contribution is 0.213. The maximum absolute atomic E-state index is 13.4. The van der Waals surface area contributed by atoms with E-state index in [1.807, 2.05) is 0 Å². The molecule has 1 atom stereocenters. The Labute approximate surface area is 100 Å². The highest BCUT2D eigenvalue weighted by Gasteiger charge is 2.17. The van der Waals surface area contributed by atoms with Crippen molar-refractivity contribution in [1.82, 2.24) is 0 Å². The summed E-state index contributed by atoms with van der Waals surface area (Å²) in [5, 5.41) is 9.81. The number of rotatable bonds is 2. The summed E-state index contributed by atoms with van der Waals surface area (Å²) in [6.45, 7) is 0. The molecule has 0 spiro atoms. The summed E-state index contributed by atoms with van der Waals surface area (Å²) in [5.41, 5.74) is -0.558. The number of aliphatic hydroxyl groups excluding tert-OH is 1. The van der Waals surface area contributed by atoms with Gasteiger partial charge in [0.05, 0.1) is 0 Å². The van der Waals surface area contributed by atoms with Gasteiger partial charge in [0.1, 0.15) is 29.4 Å². The van der Waals surface area contributed by atoms with E-state index in [4.69, 9.17) is 0 Å². The van der Waals surface area contributed by atoms with Gasteiger partial charge >= 0.3 is 0 Å². The number of benzene rings is 2. The molecule has 1 unspecified atom stereocenters. The predicted octanol–water partition coefficient (Wildman–Crippen LogP) is 3.32. The summed E-state index contributed by atoms with van der Waals surface area (Å²) in [6, 6.07) is 4.85. The van der Waals surface area contributed by atoms with Crippen LogP contribution in [0.4, 0.5) is 17.6 Å². The Morgan fingerprint density at radius 1 is 0.778 bits per heavy atom. The Bertz CT molecular complexity index is 563. The van der Waals surface area contributed by atoms with Crippen LogP contribution in [0, 0.1) is 23.3 Å². The quantitative estimate of drug-likeness (QED) is 0.817. The first-order valence-electron chi connectivity index (χ1n) is 5.06. The minimum absolute atomic E-state index is 0.183. The molecule has 0 saturated heterocycles. The Morgan fingerprint density at radius 3 is 2.00 bits per heavy atom. The molecule has 1 nitrogen and oxygen atoms in total. The Balaban J connectivity index is 2.47. The van der Waals surface area contributed by atoms with Crippen LogP contribution in [0.2, 0.25) is 0 Å². The fraction of sp³-hybridized carbons (Fsp3) is 0.0769. The molecule has 94 valence electrons. The van der Waals surface area contributed by atoms with E-state index >= 15 is 0 Å². The van der Waals surface area contributed by atoms with Crippen LogP contribution in [0.3, 0.4) is 0 Å². The lowest BCUT2D eigenvalue weighted by Gasteiger charge is -2.12. The van der Waals surface area contributed by atoms with Crippen LogP contribution < -0.4 is 0 Å². The van der Waals surface area contributed by atoms with Crippen molar-refractivity contribution in [2.24, 2.45) is 0 Å². The highest BCUT2D eigenvalue weighted by Crippen LogP contribution is 2.26. The molecule has 0 aliphatic heterocycles. The van der Waals surface area contributed by atoms with Gasteiger partial charge in [0.15, 0.2) is 0 Å². The fourth-order valence-corrected chi connectivity index (χ4v) is 1.64. The molecule has 0 radical (unpaired) electrons. The second kappa shape index (κ2) is 4.78. The molecule has 2 rings (SSSR count). The number of hydrogen-bond acceptors (Lipinski definition) is 1. The minimum atomic E-state index is -1.63. The van der Waals surface area contributed by atoms with Gasteiger partial charge in [-0.3, -0.25) is 0 Å².